The van der Waals surface area contributed by atoms with Gasteiger partial charge in [0.15, 0.2) is 11.6 Å². The average molecular weight is 435 g/mol. The van der Waals surface area contributed by atoms with Crippen molar-refractivity contribution < 1.29 is 9.59 Å². The van der Waals surface area contributed by atoms with Gasteiger partial charge < -0.3 is 0 Å². The van der Waals surface area contributed by atoms with Crippen LogP contribution in [0.4, 0.5) is 0 Å². The summed E-state index contributed by atoms with van der Waals surface area (Å²) in [5.74, 6) is 0.740. The minimum atomic E-state index is -0.222. The van der Waals surface area contributed by atoms with Gasteiger partial charge in [-0.3, -0.25) is 9.59 Å². The number of fused-ring (bicyclic) bond motifs is 2. The Bertz CT molecular complexity index is 1250. The zero-order valence-corrected chi connectivity index (χ0v) is 19.6. The van der Waals surface area contributed by atoms with Crippen molar-refractivity contribution in [1.29, 1.82) is 0 Å². The summed E-state index contributed by atoms with van der Waals surface area (Å²) in [7, 11) is 0. The van der Waals surface area contributed by atoms with Gasteiger partial charge in [-0.1, -0.05) is 99.6 Å². The molecule has 5 rings (SSSR count). The largest absolute Gasteiger partial charge is 0.294 e. The molecule has 0 radical (unpaired) electrons. The van der Waals surface area contributed by atoms with Gasteiger partial charge in [0.05, 0.1) is 0 Å². The Labute approximate surface area is 196 Å². The van der Waals surface area contributed by atoms with E-state index in [1.54, 1.807) is 0 Å². The molecular formula is C31H30O2. The Balaban J connectivity index is 1.34. The van der Waals surface area contributed by atoms with Gasteiger partial charge in [-0.15, -0.1) is 0 Å². The molecule has 3 aromatic rings. The number of carbonyl (C=O) groups is 2. The van der Waals surface area contributed by atoms with E-state index in [0.29, 0.717) is 22.8 Å². The maximum absolute atomic E-state index is 13.2. The molecule has 2 saturated carbocycles. The van der Waals surface area contributed by atoms with Crippen LogP contribution in [0.3, 0.4) is 0 Å². The third-order valence-electron chi connectivity index (χ3n) is 8.30. The van der Waals surface area contributed by atoms with Crippen LogP contribution in [-0.4, -0.2) is 11.6 Å². The third-order valence-corrected chi connectivity index (χ3v) is 8.30. The molecule has 2 aliphatic rings. The van der Waals surface area contributed by atoms with Gasteiger partial charge in [0.2, 0.25) is 0 Å². The summed E-state index contributed by atoms with van der Waals surface area (Å²) in [6, 6.07) is 25.7. The van der Waals surface area contributed by atoms with Crippen molar-refractivity contribution in [3.05, 3.63) is 112 Å². The molecule has 2 nitrogen and oxygen atoms in total. The van der Waals surface area contributed by atoms with Crippen LogP contribution in [0.5, 0.6) is 0 Å². The minimum absolute atomic E-state index is 0.0342. The number of benzene rings is 3. The highest BCUT2D eigenvalue weighted by atomic mass is 16.1. The van der Waals surface area contributed by atoms with Gasteiger partial charge in [-0.2, -0.15) is 0 Å². The van der Waals surface area contributed by atoms with Crippen LogP contribution in [0.2, 0.25) is 0 Å². The van der Waals surface area contributed by atoms with Gasteiger partial charge in [-0.05, 0) is 58.9 Å². The van der Waals surface area contributed by atoms with Gasteiger partial charge >= 0.3 is 0 Å². The molecule has 166 valence electrons. The summed E-state index contributed by atoms with van der Waals surface area (Å²) < 4.78 is 0. The van der Waals surface area contributed by atoms with E-state index in [9.17, 15) is 9.59 Å². The molecule has 2 heteroatoms. The van der Waals surface area contributed by atoms with Crippen molar-refractivity contribution in [2.45, 2.75) is 40.0 Å². The first-order valence-electron chi connectivity index (χ1n) is 11.8. The number of hydrogen-bond donors (Lipinski definition) is 0. The number of carbonyl (C=O) groups excluding carboxylic acids is 2. The highest BCUT2D eigenvalue weighted by molar-refractivity contribution is 6.09. The van der Waals surface area contributed by atoms with Crippen molar-refractivity contribution in [3.63, 3.8) is 0 Å². The molecule has 0 spiro atoms. The molecule has 0 heterocycles. The van der Waals surface area contributed by atoms with Crippen LogP contribution in [0.1, 0.15) is 66.2 Å². The van der Waals surface area contributed by atoms with E-state index in [1.165, 1.54) is 5.56 Å². The molecule has 2 atom stereocenters. The lowest BCUT2D eigenvalue weighted by molar-refractivity contribution is -0.125. The van der Waals surface area contributed by atoms with E-state index in [1.807, 2.05) is 54.6 Å². The standard InChI is InChI=1S/C31H30O2/c1-30(2)27-16-17-31(30,3)29(33)26(27)20-23-9-7-8-22(19-23)18-21-12-14-25(15-13-21)28(32)24-10-5-4-6-11-24/h4-15,19-20,27H,16-18H2,1-3H3. The van der Waals surface area contributed by atoms with Crippen LogP contribution in [-0.2, 0) is 11.2 Å². The predicted octanol–water partition coefficient (Wildman–Crippen LogP) is 6.92. The zero-order chi connectivity index (χ0) is 23.2. The summed E-state index contributed by atoms with van der Waals surface area (Å²) in [5, 5.41) is 0. The summed E-state index contributed by atoms with van der Waals surface area (Å²) in [5.41, 5.74) is 5.69. The molecule has 2 aliphatic carbocycles. The topological polar surface area (TPSA) is 34.1 Å². The molecule has 2 bridgehead atoms. The third kappa shape index (κ3) is 3.58. The fourth-order valence-electron chi connectivity index (χ4n) is 5.83. The first-order valence-corrected chi connectivity index (χ1v) is 11.8. The van der Waals surface area contributed by atoms with Gasteiger partial charge in [-0.25, -0.2) is 0 Å². The van der Waals surface area contributed by atoms with Crippen molar-refractivity contribution in [3.8, 4) is 0 Å². The molecule has 0 aromatic heterocycles. The normalized spacial score (nSPS) is 24.4. The highest BCUT2D eigenvalue weighted by Gasteiger charge is 2.63. The molecule has 0 amide bonds. The second-order valence-electron chi connectivity index (χ2n) is 10.4. The molecule has 0 saturated heterocycles. The SMILES string of the molecule is CC12CCC(C(=Cc3cccc(Cc4ccc(C(=O)c5ccccc5)cc4)c3)C1=O)C2(C)C. The highest BCUT2D eigenvalue weighted by Crippen LogP contribution is 2.65. The lowest BCUT2D eigenvalue weighted by atomic mass is 9.70. The van der Waals surface area contributed by atoms with E-state index in [4.69, 9.17) is 0 Å². The second-order valence-corrected chi connectivity index (χ2v) is 10.4. The average Bonchev–Trinajstić information content (AvgIpc) is 3.13. The smallest absolute Gasteiger partial charge is 0.193 e. The number of allylic oxidation sites excluding steroid dienone is 1. The Hall–Kier alpha value is -3.26. The lowest BCUT2D eigenvalue weighted by Gasteiger charge is -2.31. The molecule has 0 N–H and O–H groups in total. The summed E-state index contributed by atoms with van der Waals surface area (Å²) in [6.45, 7) is 6.66. The Kier molecular flexibility index (Phi) is 5.20. The van der Waals surface area contributed by atoms with Crippen LogP contribution in [0.25, 0.3) is 6.08 Å². The predicted molar refractivity (Wildman–Crippen MR) is 133 cm³/mol. The van der Waals surface area contributed by atoms with Crippen molar-refractivity contribution in [1.82, 2.24) is 0 Å². The fourth-order valence-corrected chi connectivity index (χ4v) is 5.83. The van der Waals surface area contributed by atoms with Crippen LogP contribution < -0.4 is 0 Å². The van der Waals surface area contributed by atoms with E-state index >= 15 is 0 Å². The number of rotatable bonds is 5. The summed E-state index contributed by atoms with van der Waals surface area (Å²) in [4.78, 5) is 25.8. The van der Waals surface area contributed by atoms with Crippen LogP contribution in [0.15, 0.2) is 84.4 Å². The van der Waals surface area contributed by atoms with Crippen LogP contribution in [0, 0.1) is 16.7 Å². The number of hydrogen-bond acceptors (Lipinski definition) is 2. The molecule has 2 fully saturated rings. The molecule has 2 unspecified atom stereocenters. The van der Waals surface area contributed by atoms with E-state index in [-0.39, 0.29) is 16.6 Å². The molecule has 33 heavy (non-hydrogen) atoms. The molecular weight excluding hydrogens is 404 g/mol. The van der Waals surface area contributed by atoms with E-state index in [2.05, 4.69) is 51.1 Å². The Morgan fingerprint density at radius 1 is 0.879 bits per heavy atom. The number of ketones is 2. The maximum atomic E-state index is 13.2. The molecule has 0 aliphatic heterocycles. The second kappa shape index (κ2) is 7.95. The summed E-state index contributed by atoms with van der Waals surface area (Å²) >= 11 is 0. The van der Waals surface area contributed by atoms with E-state index < -0.39 is 0 Å². The van der Waals surface area contributed by atoms with Gasteiger partial charge in [0, 0.05) is 16.5 Å². The quantitative estimate of drug-likeness (QED) is 0.323. The lowest BCUT2D eigenvalue weighted by Crippen LogP contribution is -2.32. The van der Waals surface area contributed by atoms with Crippen molar-refractivity contribution in [2.24, 2.45) is 16.7 Å². The first-order chi connectivity index (χ1) is 15.8. The van der Waals surface area contributed by atoms with Crippen molar-refractivity contribution >= 4 is 17.6 Å². The zero-order valence-electron chi connectivity index (χ0n) is 19.6. The van der Waals surface area contributed by atoms with E-state index in [0.717, 1.165) is 36.0 Å². The molecule has 3 aromatic carbocycles. The number of Topliss-reactive ketones (excluding diaryl/α,β-unsaturated/α-hetero) is 1. The Morgan fingerprint density at radius 3 is 2.24 bits per heavy atom. The van der Waals surface area contributed by atoms with Crippen molar-refractivity contribution in [2.75, 3.05) is 0 Å². The first kappa shape index (κ1) is 21.6. The Morgan fingerprint density at radius 2 is 1.58 bits per heavy atom. The van der Waals surface area contributed by atoms with Gasteiger partial charge in [0.25, 0.3) is 0 Å². The van der Waals surface area contributed by atoms with Gasteiger partial charge in [0.1, 0.15) is 0 Å². The minimum Gasteiger partial charge on any atom is -0.294 e. The fraction of sp³-hybridized carbons (Fsp3) is 0.290. The van der Waals surface area contributed by atoms with Crippen LogP contribution >= 0.6 is 0 Å². The summed E-state index contributed by atoms with van der Waals surface area (Å²) in [6.07, 6.45) is 5.03. The monoisotopic (exact) mass is 434 g/mol. The maximum Gasteiger partial charge on any atom is 0.193 e.